The van der Waals surface area contributed by atoms with Crippen LogP contribution in [0.15, 0.2) is 48.8 Å². The standard InChI is InChI=1S/C14H10FIN4O/c15-10-6-13(12(17)7-11(10)16)21-14-18-8-20(19-14)9-4-2-1-3-5-9/h1-8H,17H2. The Morgan fingerprint density at radius 2 is 1.95 bits per heavy atom. The molecule has 3 rings (SSSR count). The summed E-state index contributed by atoms with van der Waals surface area (Å²) < 4.78 is 21.0. The van der Waals surface area contributed by atoms with E-state index in [2.05, 4.69) is 10.1 Å². The van der Waals surface area contributed by atoms with E-state index in [0.29, 0.717) is 9.26 Å². The number of hydrogen-bond donors (Lipinski definition) is 1. The van der Waals surface area contributed by atoms with Crippen molar-refractivity contribution in [1.29, 1.82) is 0 Å². The summed E-state index contributed by atoms with van der Waals surface area (Å²) >= 11 is 1.86. The monoisotopic (exact) mass is 396 g/mol. The van der Waals surface area contributed by atoms with Gasteiger partial charge in [-0.3, -0.25) is 0 Å². The van der Waals surface area contributed by atoms with Crippen molar-refractivity contribution < 1.29 is 9.13 Å². The van der Waals surface area contributed by atoms with E-state index >= 15 is 0 Å². The summed E-state index contributed by atoms with van der Waals surface area (Å²) in [6.45, 7) is 0. The molecule has 21 heavy (non-hydrogen) atoms. The van der Waals surface area contributed by atoms with E-state index in [0.717, 1.165) is 5.69 Å². The van der Waals surface area contributed by atoms with Gasteiger partial charge in [-0.2, -0.15) is 4.98 Å². The number of ether oxygens (including phenoxy) is 1. The number of benzene rings is 2. The fourth-order valence-corrected chi connectivity index (χ4v) is 2.22. The highest BCUT2D eigenvalue weighted by molar-refractivity contribution is 14.1. The van der Waals surface area contributed by atoms with Crippen LogP contribution in [0.1, 0.15) is 0 Å². The fraction of sp³-hybridized carbons (Fsp3) is 0. The lowest BCUT2D eigenvalue weighted by molar-refractivity contribution is 0.439. The third-order valence-electron chi connectivity index (χ3n) is 2.75. The molecule has 0 atom stereocenters. The average Bonchev–Trinajstić information content (AvgIpc) is 2.94. The lowest BCUT2D eigenvalue weighted by Gasteiger charge is -2.06. The number of aromatic nitrogens is 3. The molecule has 1 heterocycles. The quantitative estimate of drug-likeness (QED) is 0.545. The second kappa shape index (κ2) is 5.68. The molecule has 0 saturated carbocycles. The zero-order chi connectivity index (χ0) is 14.8. The van der Waals surface area contributed by atoms with Crippen LogP contribution in [0.25, 0.3) is 5.69 Å². The highest BCUT2D eigenvalue weighted by Gasteiger charge is 2.11. The van der Waals surface area contributed by atoms with Crippen molar-refractivity contribution in [3.8, 4) is 17.4 Å². The molecule has 5 nitrogen and oxygen atoms in total. The SMILES string of the molecule is Nc1cc(I)c(F)cc1Oc1ncn(-c2ccccc2)n1. The van der Waals surface area contributed by atoms with Crippen LogP contribution in [0.4, 0.5) is 10.1 Å². The van der Waals surface area contributed by atoms with Gasteiger partial charge in [-0.1, -0.05) is 18.2 Å². The lowest BCUT2D eigenvalue weighted by atomic mass is 10.3. The average molecular weight is 396 g/mol. The number of nitrogen functional groups attached to an aromatic ring is 1. The minimum absolute atomic E-state index is 0.103. The molecule has 0 radical (unpaired) electrons. The second-order valence-corrected chi connectivity index (χ2v) is 5.38. The predicted octanol–water partition coefficient (Wildman–Crippen LogP) is 3.39. The van der Waals surface area contributed by atoms with Crippen LogP contribution in [0.3, 0.4) is 0 Å². The van der Waals surface area contributed by atoms with Crippen LogP contribution < -0.4 is 10.5 Å². The highest BCUT2D eigenvalue weighted by Crippen LogP contribution is 2.29. The molecule has 0 bridgehead atoms. The number of nitrogens with two attached hydrogens (primary N) is 1. The first-order valence-electron chi connectivity index (χ1n) is 6.03. The first kappa shape index (κ1) is 13.8. The molecule has 2 aromatic carbocycles. The molecule has 0 saturated heterocycles. The molecule has 0 aliphatic rings. The molecule has 7 heteroatoms. The third kappa shape index (κ3) is 2.97. The fourth-order valence-electron chi connectivity index (χ4n) is 1.73. The first-order chi connectivity index (χ1) is 10.1. The zero-order valence-corrected chi connectivity index (χ0v) is 12.9. The maximum atomic E-state index is 13.5. The van der Waals surface area contributed by atoms with E-state index in [1.165, 1.54) is 18.5 Å². The smallest absolute Gasteiger partial charge is 0.341 e. The Balaban J connectivity index is 1.87. The first-order valence-corrected chi connectivity index (χ1v) is 7.11. The summed E-state index contributed by atoms with van der Waals surface area (Å²) in [6, 6.07) is 12.3. The van der Waals surface area contributed by atoms with E-state index in [9.17, 15) is 4.39 Å². The van der Waals surface area contributed by atoms with Gasteiger partial charge in [0.05, 0.1) is 14.9 Å². The maximum absolute atomic E-state index is 13.5. The molecular weight excluding hydrogens is 386 g/mol. The normalized spacial score (nSPS) is 10.6. The molecule has 106 valence electrons. The molecule has 0 unspecified atom stereocenters. The number of halogens is 2. The van der Waals surface area contributed by atoms with Crippen LogP contribution >= 0.6 is 22.6 Å². The van der Waals surface area contributed by atoms with E-state index < -0.39 is 5.82 Å². The van der Waals surface area contributed by atoms with Crippen LogP contribution in [-0.2, 0) is 0 Å². The third-order valence-corrected chi connectivity index (χ3v) is 3.57. The Morgan fingerprint density at radius 3 is 2.71 bits per heavy atom. The minimum Gasteiger partial charge on any atom is -0.421 e. The minimum atomic E-state index is -0.401. The van der Waals surface area contributed by atoms with Gasteiger partial charge in [0.1, 0.15) is 12.1 Å². The van der Waals surface area contributed by atoms with Gasteiger partial charge in [0.25, 0.3) is 0 Å². The van der Waals surface area contributed by atoms with Crippen LogP contribution in [-0.4, -0.2) is 14.8 Å². The van der Waals surface area contributed by atoms with Gasteiger partial charge in [0.15, 0.2) is 5.75 Å². The van der Waals surface area contributed by atoms with E-state index in [-0.39, 0.29) is 11.8 Å². The molecule has 0 spiro atoms. The van der Waals surface area contributed by atoms with Gasteiger partial charge in [-0.25, -0.2) is 9.07 Å². The van der Waals surface area contributed by atoms with Crippen molar-refractivity contribution in [2.24, 2.45) is 0 Å². The van der Waals surface area contributed by atoms with Crippen molar-refractivity contribution >= 4 is 28.3 Å². The molecule has 0 fully saturated rings. The summed E-state index contributed by atoms with van der Waals surface area (Å²) in [7, 11) is 0. The van der Waals surface area contributed by atoms with E-state index in [1.807, 2.05) is 52.9 Å². The predicted molar refractivity (Wildman–Crippen MR) is 85.0 cm³/mol. The van der Waals surface area contributed by atoms with Gasteiger partial charge in [-0.05, 0) is 40.8 Å². The largest absolute Gasteiger partial charge is 0.421 e. The van der Waals surface area contributed by atoms with Gasteiger partial charge >= 0.3 is 6.01 Å². The van der Waals surface area contributed by atoms with E-state index in [4.69, 9.17) is 10.5 Å². The molecule has 3 aromatic rings. The van der Waals surface area contributed by atoms with Crippen molar-refractivity contribution in [1.82, 2.24) is 14.8 Å². The molecular formula is C14H10FIN4O. The molecule has 1 aromatic heterocycles. The highest BCUT2D eigenvalue weighted by atomic mass is 127. The van der Waals surface area contributed by atoms with Gasteiger partial charge < -0.3 is 10.5 Å². The van der Waals surface area contributed by atoms with Crippen LogP contribution in [0, 0.1) is 9.39 Å². The molecule has 0 amide bonds. The van der Waals surface area contributed by atoms with E-state index in [1.54, 1.807) is 4.68 Å². The van der Waals surface area contributed by atoms with Crippen molar-refractivity contribution in [2.45, 2.75) is 0 Å². The van der Waals surface area contributed by atoms with Crippen molar-refractivity contribution in [3.63, 3.8) is 0 Å². The second-order valence-electron chi connectivity index (χ2n) is 4.21. The topological polar surface area (TPSA) is 66.0 Å². The molecule has 2 N–H and O–H groups in total. The number of nitrogens with zero attached hydrogens (tertiary/aromatic N) is 3. The number of hydrogen-bond acceptors (Lipinski definition) is 4. The van der Waals surface area contributed by atoms with Crippen LogP contribution in [0.2, 0.25) is 0 Å². The van der Waals surface area contributed by atoms with Crippen LogP contribution in [0.5, 0.6) is 11.8 Å². The summed E-state index contributed by atoms with van der Waals surface area (Å²) in [6.07, 6.45) is 1.52. The summed E-state index contributed by atoms with van der Waals surface area (Å²) in [5.41, 5.74) is 6.98. The summed E-state index contributed by atoms with van der Waals surface area (Å²) in [4.78, 5) is 4.03. The number of para-hydroxylation sites is 1. The Hall–Kier alpha value is -2.16. The summed E-state index contributed by atoms with van der Waals surface area (Å²) in [5, 5.41) is 4.17. The maximum Gasteiger partial charge on any atom is 0.341 e. The number of anilines is 1. The Labute approximate surface area is 133 Å². The van der Waals surface area contributed by atoms with Gasteiger partial charge in [0.2, 0.25) is 0 Å². The molecule has 0 aliphatic carbocycles. The zero-order valence-electron chi connectivity index (χ0n) is 10.7. The lowest BCUT2D eigenvalue weighted by Crippen LogP contribution is -1.97. The Bertz CT molecular complexity index is 776. The van der Waals surface area contributed by atoms with Crippen molar-refractivity contribution in [2.75, 3.05) is 5.73 Å². The number of rotatable bonds is 3. The Morgan fingerprint density at radius 1 is 1.19 bits per heavy atom. The van der Waals surface area contributed by atoms with Gasteiger partial charge in [0, 0.05) is 6.07 Å². The van der Waals surface area contributed by atoms with Crippen molar-refractivity contribution in [3.05, 3.63) is 58.2 Å². The summed E-state index contributed by atoms with van der Waals surface area (Å²) in [5.74, 6) is -0.207. The van der Waals surface area contributed by atoms with Gasteiger partial charge in [-0.15, -0.1) is 5.10 Å². The molecule has 0 aliphatic heterocycles. The Kier molecular flexibility index (Phi) is 3.74.